The molecular formula is C23H31N3O6. The third-order valence-corrected chi connectivity index (χ3v) is 4.98. The zero-order valence-electron chi connectivity index (χ0n) is 19.0. The first-order valence-electron chi connectivity index (χ1n) is 10.4. The Bertz CT molecular complexity index is 872. The highest BCUT2D eigenvalue weighted by Gasteiger charge is 2.40. The van der Waals surface area contributed by atoms with Crippen LogP contribution in [-0.4, -0.2) is 58.9 Å². The van der Waals surface area contributed by atoms with Gasteiger partial charge in [-0.1, -0.05) is 5.92 Å². The fourth-order valence-electron chi connectivity index (χ4n) is 3.34. The van der Waals surface area contributed by atoms with Crippen LogP contribution in [-0.2, 0) is 9.53 Å². The van der Waals surface area contributed by atoms with Crippen LogP contribution in [0.25, 0.3) is 0 Å². The topological polar surface area (TPSA) is 117 Å². The van der Waals surface area contributed by atoms with Gasteiger partial charge < -0.3 is 19.7 Å². The minimum atomic E-state index is -0.908. The molecule has 1 fully saturated rings. The number of nitrogens with one attached hydrogen (secondary N) is 2. The molecule has 1 aromatic carbocycles. The van der Waals surface area contributed by atoms with Crippen molar-refractivity contribution in [2.75, 3.05) is 19.7 Å². The third kappa shape index (κ3) is 7.46. The second-order valence-electron chi connectivity index (χ2n) is 8.65. The van der Waals surface area contributed by atoms with Crippen LogP contribution >= 0.6 is 0 Å². The van der Waals surface area contributed by atoms with Gasteiger partial charge in [0.15, 0.2) is 0 Å². The average molecular weight is 446 g/mol. The number of amides is 3. The lowest BCUT2D eigenvalue weighted by Gasteiger charge is -2.42. The number of hydrogen-bond acceptors (Lipinski definition) is 6. The van der Waals surface area contributed by atoms with Gasteiger partial charge in [-0.25, -0.2) is 10.3 Å². The van der Waals surface area contributed by atoms with E-state index in [1.165, 1.54) is 0 Å². The normalized spacial score (nSPS) is 15.1. The molecule has 1 aromatic rings. The van der Waals surface area contributed by atoms with Crippen molar-refractivity contribution in [2.24, 2.45) is 0 Å². The van der Waals surface area contributed by atoms with Crippen molar-refractivity contribution in [3.8, 4) is 17.6 Å². The predicted molar refractivity (Wildman–Crippen MR) is 117 cm³/mol. The monoisotopic (exact) mass is 445 g/mol. The Morgan fingerprint density at radius 2 is 1.78 bits per heavy atom. The molecule has 0 saturated carbocycles. The van der Waals surface area contributed by atoms with Crippen LogP contribution in [0, 0.1) is 11.8 Å². The summed E-state index contributed by atoms with van der Waals surface area (Å²) in [5.41, 5.74) is 0.500. The van der Waals surface area contributed by atoms with Crippen LogP contribution in [0.4, 0.5) is 4.79 Å². The summed E-state index contributed by atoms with van der Waals surface area (Å²) in [7, 11) is 0. The lowest BCUT2D eigenvalue weighted by atomic mass is 9.83. The van der Waals surface area contributed by atoms with Gasteiger partial charge >= 0.3 is 6.09 Å². The summed E-state index contributed by atoms with van der Waals surface area (Å²) in [6.45, 7) is 7.96. The van der Waals surface area contributed by atoms with E-state index in [1.807, 2.05) is 0 Å². The Hall–Kier alpha value is -3.25. The molecule has 9 nitrogen and oxygen atoms in total. The number of benzene rings is 1. The van der Waals surface area contributed by atoms with Crippen LogP contribution in [0.15, 0.2) is 24.3 Å². The van der Waals surface area contributed by atoms with E-state index in [4.69, 9.17) is 14.7 Å². The number of piperidine rings is 1. The zero-order valence-corrected chi connectivity index (χ0v) is 19.0. The van der Waals surface area contributed by atoms with Gasteiger partial charge in [0.05, 0.1) is 12.0 Å². The molecule has 0 spiro atoms. The molecular weight excluding hydrogens is 414 g/mol. The maximum absolute atomic E-state index is 12.9. The SMILES string of the molecule is CC#CCOc1ccc(C(=O)NC2(CC(=O)NO)CCN(C(=O)OC(C)(C)C)CC2)cc1. The molecule has 3 amide bonds. The molecule has 174 valence electrons. The molecule has 1 aliphatic heterocycles. The number of carbonyl (C=O) groups is 3. The number of likely N-dealkylation sites (tertiary alicyclic amines) is 1. The van der Waals surface area contributed by atoms with Crippen molar-refractivity contribution < 1.29 is 29.1 Å². The van der Waals surface area contributed by atoms with E-state index in [0.29, 0.717) is 37.2 Å². The van der Waals surface area contributed by atoms with Gasteiger partial charge in [-0.3, -0.25) is 14.8 Å². The number of rotatable bonds is 6. The smallest absolute Gasteiger partial charge is 0.410 e. The molecule has 1 aliphatic rings. The minimum Gasteiger partial charge on any atom is -0.481 e. The maximum atomic E-state index is 12.9. The van der Waals surface area contributed by atoms with Crippen molar-refractivity contribution in [3.63, 3.8) is 0 Å². The molecule has 2 rings (SSSR count). The first-order chi connectivity index (χ1) is 15.1. The standard InChI is InChI=1S/C23H31N3O6/c1-5-6-15-31-18-9-7-17(8-10-18)20(28)24-23(16-19(27)25-30)11-13-26(14-12-23)21(29)32-22(2,3)4/h7-10,30H,11-16H2,1-4H3,(H,24,28)(H,25,27). The van der Waals surface area contributed by atoms with Gasteiger partial charge in [0.2, 0.25) is 5.91 Å². The molecule has 0 aromatic heterocycles. The fraction of sp³-hybridized carbons (Fsp3) is 0.522. The van der Waals surface area contributed by atoms with Gasteiger partial charge in [-0.2, -0.15) is 0 Å². The van der Waals surface area contributed by atoms with Crippen LogP contribution < -0.4 is 15.5 Å². The second-order valence-corrected chi connectivity index (χ2v) is 8.65. The Kier molecular flexibility index (Phi) is 8.49. The predicted octanol–water partition coefficient (Wildman–Crippen LogP) is 2.48. The van der Waals surface area contributed by atoms with E-state index in [9.17, 15) is 14.4 Å². The van der Waals surface area contributed by atoms with Crippen molar-refractivity contribution >= 4 is 17.9 Å². The Balaban J connectivity index is 2.07. The number of ether oxygens (including phenoxy) is 2. The molecule has 9 heteroatoms. The van der Waals surface area contributed by atoms with Crippen LogP contribution in [0.2, 0.25) is 0 Å². The molecule has 0 aliphatic carbocycles. The maximum Gasteiger partial charge on any atom is 0.410 e. The average Bonchev–Trinajstić information content (AvgIpc) is 2.73. The van der Waals surface area contributed by atoms with Crippen LogP contribution in [0.3, 0.4) is 0 Å². The van der Waals surface area contributed by atoms with E-state index in [-0.39, 0.29) is 18.9 Å². The number of nitrogens with zero attached hydrogens (tertiary/aromatic N) is 1. The number of hydroxylamine groups is 1. The highest BCUT2D eigenvalue weighted by atomic mass is 16.6. The number of carbonyl (C=O) groups excluding carboxylic acids is 3. The van der Waals surface area contributed by atoms with E-state index in [2.05, 4.69) is 17.2 Å². The van der Waals surface area contributed by atoms with Crippen molar-refractivity contribution in [2.45, 2.75) is 58.1 Å². The molecule has 0 bridgehead atoms. The van der Waals surface area contributed by atoms with Crippen molar-refractivity contribution in [3.05, 3.63) is 29.8 Å². The summed E-state index contributed by atoms with van der Waals surface area (Å²) in [6.07, 6.45) is 0.117. The first kappa shape index (κ1) is 25.0. The van der Waals surface area contributed by atoms with E-state index in [1.54, 1.807) is 62.3 Å². The second kappa shape index (κ2) is 10.9. The largest absolute Gasteiger partial charge is 0.481 e. The van der Waals surface area contributed by atoms with Gasteiger partial charge in [-0.15, -0.1) is 5.92 Å². The summed E-state index contributed by atoms with van der Waals surface area (Å²) in [5.74, 6) is 5.14. The van der Waals surface area contributed by atoms with Gasteiger partial charge in [0, 0.05) is 18.7 Å². The zero-order chi connectivity index (χ0) is 23.8. The first-order valence-corrected chi connectivity index (χ1v) is 10.4. The van der Waals surface area contributed by atoms with Crippen molar-refractivity contribution in [1.82, 2.24) is 15.7 Å². The molecule has 0 atom stereocenters. The molecule has 1 heterocycles. The van der Waals surface area contributed by atoms with Crippen molar-refractivity contribution in [1.29, 1.82) is 0 Å². The summed E-state index contributed by atoms with van der Waals surface area (Å²) in [5, 5.41) is 11.9. The van der Waals surface area contributed by atoms with Crippen LogP contribution in [0.1, 0.15) is 57.3 Å². The highest BCUT2D eigenvalue weighted by Crippen LogP contribution is 2.28. The summed E-state index contributed by atoms with van der Waals surface area (Å²) in [6, 6.07) is 6.59. The van der Waals surface area contributed by atoms with E-state index < -0.39 is 23.1 Å². The minimum absolute atomic E-state index is 0.117. The highest BCUT2D eigenvalue weighted by molar-refractivity contribution is 5.95. The molecule has 3 N–H and O–H groups in total. The lowest BCUT2D eigenvalue weighted by Crippen LogP contribution is -2.58. The Morgan fingerprint density at radius 1 is 1.16 bits per heavy atom. The van der Waals surface area contributed by atoms with E-state index in [0.717, 1.165) is 0 Å². The fourth-order valence-corrected chi connectivity index (χ4v) is 3.34. The summed E-state index contributed by atoms with van der Waals surface area (Å²) < 4.78 is 10.9. The van der Waals surface area contributed by atoms with Gasteiger partial charge in [-0.05, 0) is 64.8 Å². The van der Waals surface area contributed by atoms with Gasteiger partial charge in [0.1, 0.15) is 18.0 Å². The van der Waals surface area contributed by atoms with E-state index >= 15 is 0 Å². The molecule has 0 radical (unpaired) electrons. The van der Waals surface area contributed by atoms with Crippen LogP contribution in [0.5, 0.6) is 5.75 Å². The lowest BCUT2D eigenvalue weighted by molar-refractivity contribution is -0.131. The molecule has 32 heavy (non-hydrogen) atoms. The quantitative estimate of drug-likeness (QED) is 0.352. The Morgan fingerprint density at radius 3 is 2.31 bits per heavy atom. The summed E-state index contributed by atoms with van der Waals surface area (Å²) >= 11 is 0. The third-order valence-electron chi connectivity index (χ3n) is 4.98. The molecule has 1 saturated heterocycles. The van der Waals surface area contributed by atoms with Gasteiger partial charge in [0.25, 0.3) is 5.91 Å². The Labute approximate surface area is 188 Å². The molecule has 0 unspecified atom stereocenters. The number of hydrogen-bond donors (Lipinski definition) is 3. The summed E-state index contributed by atoms with van der Waals surface area (Å²) in [4.78, 5) is 38.7.